The summed E-state index contributed by atoms with van der Waals surface area (Å²) in [5.74, 6) is -0.689. The summed E-state index contributed by atoms with van der Waals surface area (Å²) < 4.78 is 6.49. The van der Waals surface area contributed by atoms with Crippen molar-refractivity contribution in [3.63, 3.8) is 0 Å². The molecule has 1 fully saturated rings. The summed E-state index contributed by atoms with van der Waals surface area (Å²) >= 11 is 0. The number of nitrogens with one attached hydrogen (secondary N) is 1. The minimum absolute atomic E-state index is 0.111. The van der Waals surface area contributed by atoms with E-state index in [1.165, 1.54) is 18.0 Å². The van der Waals surface area contributed by atoms with Crippen molar-refractivity contribution in [2.45, 2.75) is 12.5 Å². The van der Waals surface area contributed by atoms with Crippen LogP contribution in [0.3, 0.4) is 0 Å². The summed E-state index contributed by atoms with van der Waals surface area (Å²) in [4.78, 5) is 11.1. The van der Waals surface area contributed by atoms with E-state index in [0.29, 0.717) is 5.75 Å². The molecule has 2 heterocycles. The lowest BCUT2D eigenvalue weighted by molar-refractivity contribution is 0.0677. The van der Waals surface area contributed by atoms with Gasteiger partial charge in [0.05, 0.1) is 19.3 Å². The van der Waals surface area contributed by atoms with Crippen molar-refractivity contribution in [3.8, 4) is 5.75 Å². The molecule has 15 heavy (non-hydrogen) atoms. The number of methoxy groups -OCH3 is 1. The molecule has 6 nitrogen and oxygen atoms in total. The zero-order chi connectivity index (χ0) is 10.8. The van der Waals surface area contributed by atoms with Crippen LogP contribution in [0.2, 0.25) is 0 Å². The van der Waals surface area contributed by atoms with Crippen molar-refractivity contribution in [1.82, 2.24) is 15.1 Å². The van der Waals surface area contributed by atoms with Crippen molar-refractivity contribution in [1.29, 1.82) is 0 Å². The second kappa shape index (κ2) is 3.90. The third-order valence-electron chi connectivity index (χ3n) is 2.56. The molecule has 2 N–H and O–H groups in total. The van der Waals surface area contributed by atoms with E-state index in [2.05, 4.69) is 10.4 Å². The van der Waals surface area contributed by atoms with Crippen LogP contribution in [-0.2, 0) is 0 Å². The molecule has 1 aliphatic heterocycles. The first kappa shape index (κ1) is 9.97. The van der Waals surface area contributed by atoms with E-state index in [9.17, 15) is 4.79 Å². The maximum Gasteiger partial charge on any atom is 0.358 e. The summed E-state index contributed by atoms with van der Waals surface area (Å²) in [6.07, 6.45) is 2.34. The third kappa shape index (κ3) is 1.68. The Morgan fingerprint density at radius 1 is 1.80 bits per heavy atom. The topological polar surface area (TPSA) is 76.4 Å². The third-order valence-corrected chi connectivity index (χ3v) is 2.56. The number of hydrogen-bond donors (Lipinski definition) is 2. The first-order chi connectivity index (χ1) is 7.24. The second-order valence-electron chi connectivity index (χ2n) is 3.46. The number of carboxylic acid groups (broad SMARTS) is 1. The quantitative estimate of drug-likeness (QED) is 0.742. The number of aromatic nitrogens is 2. The Hall–Kier alpha value is -1.56. The highest BCUT2D eigenvalue weighted by Gasteiger charge is 2.25. The van der Waals surface area contributed by atoms with Crippen LogP contribution < -0.4 is 10.1 Å². The molecule has 0 saturated carbocycles. The molecule has 1 aromatic rings. The molecule has 0 amide bonds. The molecule has 1 aromatic heterocycles. The number of carbonyl (C=O) groups is 1. The lowest BCUT2D eigenvalue weighted by atomic mass is 10.2. The summed E-state index contributed by atoms with van der Waals surface area (Å²) in [7, 11) is 1.45. The van der Waals surface area contributed by atoms with E-state index in [-0.39, 0.29) is 11.7 Å². The van der Waals surface area contributed by atoms with Gasteiger partial charge in [-0.25, -0.2) is 4.79 Å². The summed E-state index contributed by atoms with van der Waals surface area (Å²) in [5, 5.41) is 16.3. The highest BCUT2D eigenvalue weighted by atomic mass is 16.5. The minimum atomic E-state index is -1.00. The fourth-order valence-corrected chi connectivity index (χ4v) is 1.82. The predicted molar refractivity (Wildman–Crippen MR) is 52.3 cm³/mol. The average molecular weight is 211 g/mol. The van der Waals surface area contributed by atoms with E-state index in [0.717, 1.165) is 19.5 Å². The van der Waals surface area contributed by atoms with Gasteiger partial charge >= 0.3 is 5.97 Å². The van der Waals surface area contributed by atoms with Gasteiger partial charge in [-0.2, -0.15) is 5.10 Å². The summed E-state index contributed by atoms with van der Waals surface area (Å²) in [6, 6.07) is 0.111. The molecule has 1 aliphatic rings. The summed E-state index contributed by atoms with van der Waals surface area (Å²) in [5.41, 5.74) is 0.131. The van der Waals surface area contributed by atoms with E-state index < -0.39 is 5.97 Å². The second-order valence-corrected chi connectivity index (χ2v) is 3.46. The van der Waals surface area contributed by atoms with Gasteiger partial charge in [0, 0.05) is 6.54 Å². The van der Waals surface area contributed by atoms with Gasteiger partial charge in [-0.15, -0.1) is 0 Å². The van der Waals surface area contributed by atoms with Crippen molar-refractivity contribution >= 4 is 5.97 Å². The van der Waals surface area contributed by atoms with E-state index in [1.807, 2.05) is 0 Å². The Balaban J connectivity index is 2.37. The lowest BCUT2D eigenvalue weighted by Crippen LogP contribution is -2.19. The van der Waals surface area contributed by atoms with E-state index in [4.69, 9.17) is 9.84 Å². The predicted octanol–water partition coefficient (Wildman–Crippen LogP) is 0.124. The smallest absolute Gasteiger partial charge is 0.358 e. The maximum atomic E-state index is 11.1. The van der Waals surface area contributed by atoms with Crippen molar-refractivity contribution < 1.29 is 14.6 Å². The highest BCUT2D eigenvalue weighted by Crippen LogP contribution is 2.23. The number of nitrogens with zero attached hydrogens (tertiary/aromatic N) is 2. The number of rotatable bonds is 3. The van der Waals surface area contributed by atoms with Crippen LogP contribution in [0.25, 0.3) is 0 Å². The molecule has 2 rings (SSSR count). The molecular weight excluding hydrogens is 198 g/mol. The van der Waals surface area contributed by atoms with Gasteiger partial charge in [0.2, 0.25) is 0 Å². The van der Waals surface area contributed by atoms with Gasteiger partial charge in [0.1, 0.15) is 0 Å². The van der Waals surface area contributed by atoms with Crippen LogP contribution in [0.1, 0.15) is 23.0 Å². The Bertz CT molecular complexity index is 369. The molecule has 0 aromatic carbocycles. The van der Waals surface area contributed by atoms with Gasteiger partial charge < -0.3 is 15.2 Å². The lowest BCUT2D eigenvalue weighted by Gasteiger charge is -2.11. The fourth-order valence-electron chi connectivity index (χ4n) is 1.82. The van der Waals surface area contributed by atoms with Crippen LogP contribution >= 0.6 is 0 Å². The van der Waals surface area contributed by atoms with Crippen LogP contribution in [0.15, 0.2) is 6.20 Å². The van der Waals surface area contributed by atoms with Crippen molar-refractivity contribution in [2.75, 3.05) is 20.2 Å². The Labute approximate surface area is 86.8 Å². The molecule has 0 bridgehead atoms. The normalized spacial score (nSPS) is 20.5. The first-order valence-electron chi connectivity index (χ1n) is 4.79. The minimum Gasteiger partial charge on any atom is -0.493 e. The molecule has 0 radical (unpaired) electrons. The zero-order valence-electron chi connectivity index (χ0n) is 8.43. The monoisotopic (exact) mass is 211 g/mol. The number of ether oxygens (including phenoxy) is 1. The molecule has 1 atom stereocenters. The van der Waals surface area contributed by atoms with Crippen LogP contribution in [0.5, 0.6) is 5.75 Å². The van der Waals surface area contributed by atoms with Gasteiger partial charge in [-0.1, -0.05) is 0 Å². The molecular formula is C9H13N3O3. The largest absolute Gasteiger partial charge is 0.493 e. The maximum absolute atomic E-state index is 11.1. The number of hydrogen-bond acceptors (Lipinski definition) is 4. The zero-order valence-corrected chi connectivity index (χ0v) is 8.43. The van der Waals surface area contributed by atoms with Gasteiger partial charge in [0.15, 0.2) is 11.4 Å². The molecule has 1 unspecified atom stereocenters. The molecule has 6 heteroatoms. The number of carboxylic acids is 1. The van der Waals surface area contributed by atoms with Gasteiger partial charge in [-0.3, -0.25) is 4.68 Å². The molecule has 1 saturated heterocycles. The molecule has 0 aliphatic carbocycles. The fraction of sp³-hybridized carbons (Fsp3) is 0.556. The average Bonchev–Trinajstić information content (AvgIpc) is 2.85. The van der Waals surface area contributed by atoms with Crippen molar-refractivity contribution in [2.24, 2.45) is 0 Å². The Morgan fingerprint density at radius 3 is 3.13 bits per heavy atom. The highest BCUT2D eigenvalue weighted by molar-refractivity contribution is 5.88. The first-order valence-corrected chi connectivity index (χ1v) is 4.79. The van der Waals surface area contributed by atoms with Gasteiger partial charge in [0.25, 0.3) is 0 Å². The van der Waals surface area contributed by atoms with Crippen LogP contribution in [0.4, 0.5) is 0 Å². The Morgan fingerprint density at radius 2 is 2.60 bits per heavy atom. The standard InChI is InChI=1S/C9H13N3O3/c1-15-7-5-11-12(8(7)9(13)14)6-2-3-10-4-6/h5-6,10H,2-4H2,1H3,(H,13,14). The van der Waals surface area contributed by atoms with Crippen molar-refractivity contribution in [3.05, 3.63) is 11.9 Å². The van der Waals surface area contributed by atoms with Gasteiger partial charge in [-0.05, 0) is 13.0 Å². The SMILES string of the molecule is COc1cnn(C2CCNC2)c1C(=O)O. The van der Waals surface area contributed by atoms with E-state index in [1.54, 1.807) is 0 Å². The molecule has 82 valence electrons. The Kier molecular flexibility index (Phi) is 2.59. The van der Waals surface area contributed by atoms with E-state index >= 15 is 0 Å². The molecule has 0 spiro atoms. The van der Waals surface area contributed by atoms with Crippen LogP contribution in [-0.4, -0.2) is 41.1 Å². The summed E-state index contributed by atoms with van der Waals surface area (Å²) in [6.45, 7) is 1.65. The number of aromatic carboxylic acids is 1. The van der Waals surface area contributed by atoms with Crippen LogP contribution in [0, 0.1) is 0 Å².